The zero-order valence-corrected chi connectivity index (χ0v) is 8.16. The van der Waals surface area contributed by atoms with E-state index in [-0.39, 0.29) is 12.2 Å². The first-order valence-corrected chi connectivity index (χ1v) is 5.20. The minimum absolute atomic E-state index is 0.109. The molecule has 2 rings (SSSR count). The summed E-state index contributed by atoms with van der Waals surface area (Å²) in [6.45, 7) is 2.69. The lowest BCUT2D eigenvalue weighted by Crippen LogP contribution is -2.34. The number of hydrogen-bond acceptors (Lipinski definition) is 3. The van der Waals surface area contributed by atoms with Gasteiger partial charge in [-0.2, -0.15) is 0 Å². The fourth-order valence-corrected chi connectivity index (χ4v) is 2.22. The van der Waals surface area contributed by atoms with E-state index in [4.69, 9.17) is 9.47 Å². The highest BCUT2D eigenvalue weighted by Crippen LogP contribution is 2.33. The molecule has 2 fully saturated rings. The first kappa shape index (κ1) is 9.44. The van der Waals surface area contributed by atoms with E-state index in [9.17, 15) is 5.11 Å². The third-order valence-electron chi connectivity index (χ3n) is 2.93. The monoisotopic (exact) mass is 186 g/mol. The highest BCUT2D eigenvalue weighted by molar-refractivity contribution is 4.79. The Balaban J connectivity index is 1.83. The minimum atomic E-state index is -0.835. The Hall–Kier alpha value is -0.120. The summed E-state index contributed by atoms with van der Waals surface area (Å²) in [5, 5.41) is 9.96. The Labute approximate surface area is 79.0 Å². The van der Waals surface area contributed by atoms with Crippen LogP contribution in [0.25, 0.3) is 0 Å². The average Bonchev–Trinajstić information content (AvgIpc) is 2.62. The van der Waals surface area contributed by atoms with Crippen molar-refractivity contribution in [2.24, 2.45) is 0 Å². The standard InChI is InChI=1S/C10H18O3/c1-8-6-9(7-12-8)13-10(11)4-2-3-5-10/h8-9,11H,2-7H2,1H3/t8-,9-/m1/s1. The molecule has 2 atom stereocenters. The molecule has 3 heteroatoms. The van der Waals surface area contributed by atoms with Crippen LogP contribution in [0, 0.1) is 0 Å². The second kappa shape index (κ2) is 3.56. The van der Waals surface area contributed by atoms with E-state index in [2.05, 4.69) is 0 Å². The molecular formula is C10H18O3. The Bertz CT molecular complexity index is 175. The van der Waals surface area contributed by atoms with Gasteiger partial charge in [-0.3, -0.25) is 0 Å². The van der Waals surface area contributed by atoms with Crippen LogP contribution in [0.2, 0.25) is 0 Å². The summed E-state index contributed by atoms with van der Waals surface area (Å²) >= 11 is 0. The van der Waals surface area contributed by atoms with Crippen molar-refractivity contribution in [3.63, 3.8) is 0 Å². The Morgan fingerprint density at radius 2 is 2.08 bits per heavy atom. The van der Waals surface area contributed by atoms with Crippen molar-refractivity contribution in [1.29, 1.82) is 0 Å². The molecule has 1 heterocycles. The van der Waals surface area contributed by atoms with Crippen molar-refractivity contribution in [3.8, 4) is 0 Å². The molecule has 13 heavy (non-hydrogen) atoms. The molecular weight excluding hydrogens is 168 g/mol. The molecule has 1 aliphatic heterocycles. The van der Waals surface area contributed by atoms with E-state index in [0.717, 1.165) is 32.1 Å². The largest absolute Gasteiger partial charge is 0.376 e. The maximum Gasteiger partial charge on any atom is 0.165 e. The Morgan fingerprint density at radius 1 is 1.38 bits per heavy atom. The third kappa shape index (κ3) is 2.22. The van der Waals surface area contributed by atoms with Crippen LogP contribution in [0.15, 0.2) is 0 Å². The molecule has 3 nitrogen and oxygen atoms in total. The van der Waals surface area contributed by atoms with Gasteiger partial charge in [-0.05, 0) is 19.8 Å². The minimum Gasteiger partial charge on any atom is -0.376 e. The molecule has 0 aromatic rings. The Kier molecular flexibility index (Phi) is 2.58. The van der Waals surface area contributed by atoms with Gasteiger partial charge in [0.25, 0.3) is 0 Å². The summed E-state index contributed by atoms with van der Waals surface area (Å²) in [6, 6.07) is 0. The van der Waals surface area contributed by atoms with Crippen LogP contribution in [-0.4, -0.2) is 29.7 Å². The van der Waals surface area contributed by atoms with Gasteiger partial charge in [0.1, 0.15) is 0 Å². The molecule has 0 aromatic carbocycles. The van der Waals surface area contributed by atoms with E-state index in [1.54, 1.807) is 0 Å². The van der Waals surface area contributed by atoms with Gasteiger partial charge in [0.2, 0.25) is 0 Å². The lowest BCUT2D eigenvalue weighted by molar-refractivity contribution is -0.223. The molecule has 0 bridgehead atoms. The van der Waals surface area contributed by atoms with Crippen LogP contribution < -0.4 is 0 Å². The highest BCUT2D eigenvalue weighted by atomic mass is 16.6. The molecule has 0 aromatic heterocycles. The molecule has 2 aliphatic rings. The molecule has 1 aliphatic carbocycles. The topological polar surface area (TPSA) is 38.7 Å². The van der Waals surface area contributed by atoms with Gasteiger partial charge < -0.3 is 14.6 Å². The quantitative estimate of drug-likeness (QED) is 0.663. The van der Waals surface area contributed by atoms with Gasteiger partial charge in [-0.25, -0.2) is 0 Å². The molecule has 0 amide bonds. The van der Waals surface area contributed by atoms with Gasteiger partial charge in [0, 0.05) is 19.3 Å². The number of aliphatic hydroxyl groups is 1. The van der Waals surface area contributed by atoms with Crippen LogP contribution in [0.1, 0.15) is 39.0 Å². The summed E-state index contributed by atoms with van der Waals surface area (Å²) in [7, 11) is 0. The van der Waals surface area contributed by atoms with Gasteiger partial charge in [-0.15, -0.1) is 0 Å². The average molecular weight is 186 g/mol. The van der Waals surface area contributed by atoms with Crippen molar-refractivity contribution in [1.82, 2.24) is 0 Å². The van der Waals surface area contributed by atoms with Gasteiger partial charge in [-0.1, -0.05) is 0 Å². The molecule has 1 saturated heterocycles. The van der Waals surface area contributed by atoms with Gasteiger partial charge in [0.15, 0.2) is 5.79 Å². The second-order valence-corrected chi connectivity index (χ2v) is 4.27. The number of rotatable bonds is 2. The molecule has 76 valence electrons. The van der Waals surface area contributed by atoms with Gasteiger partial charge in [0.05, 0.1) is 18.8 Å². The summed E-state index contributed by atoms with van der Waals surface area (Å²) < 4.78 is 11.0. The van der Waals surface area contributed by atoms with Crippen molar-refractivity contribution >= 4 is 0 Å². The van der Waals surface area contributed by atoms with Crippen molar-refractivity contribution in [2.75, 3.05) is 6.61 Å². The summed E-state index contributed by atoms with van der Waals surface area (Å²) in [6.07, 6.45) is 5.06. The van der Waals surface area contributed by atoms with Crippen molar-refractivity contribution in [2.45, 2.75) is 57.0 Å². The maximum absolute atomic E-state index is 9.96. The van der Waals surface area contributed by atoms with E-state index in [1.807, 2.05) is 6.92 Å². The fourth-order valence-electron chi connectivity index (χ4n) is 2.22. The van der Waals surface area contributed by atoms with Crippen molar-refractivity contribution in [3.05, 3.63) is 0 Å². The van der Waals surface area contributed by atoms with E-state index >= 15 is 0 Å². The third-order valence-corrected chi connectivity index (χ3v) is 2.93. The summed E-state index contributed by atoms with van der Waals surface area (Å²) in [5.41, 5.74) is 0. The molecule has 1 N–H and O–H groups in total. The van der Waals surface area contributed by atoms with Crippen LogP contribution in [-0.2, 0) is 9.47 Å². The summed E-state index contributed by atoms with van der Waals surface area (Å²) in [4.78, 5) is 0. The lowest BCUT2D eigenvalue weighted by atomic mass is 10.2. The van der Waals surface area contributed by atoms with Crippen LogP contribution in [0.4, 0.5) is 0 Å². The smallest absolute Gasteiger partial charge is 0.165 e. The lowest BCUT2D eigenvalue weighted by Gasteiger charge is -2.26. The normalized spacial score (nSPS) is 38.3. The zero-order chi connectivity index (χ0) is 9.31. The maximum atomic E-state index is 9.96. The predicted octanol–water partition coefficient (Wildman–Crippen LogP) is 1.44. The fraction of sp³-hybridized carbons (Fsp3) is 1.00. The van der Waals surface area contributed by atoms with Crippen LogP contribution in [0.3, 0.4) is 0 Å². The molecule has 1 saturated carbocycles. The predicted molar refractivity (Wildman–Crippen MR) is 48.3 cm³/mol. The second-order valence-electron chi connectivity index (χ2n) is 4.27. The molecule has 0 unspecified atom stereocenters. The van der Waals surface area contributed by atoms with E-state index in [0.29, 0.717) is 6.61 Å². The van der Waals surface area contributed by atoms with Crippen LogP contribution in [0.5, 0.6) is 0 Å². The van der Waals surface area contributed by atoms with Gasteiger partial charge >= 0.3 is 0 Å². The molecule has 0 spiro atoms. The van der Waals surface area contributed by atoms with Crippen molar-refractivity contribution < 1.29 is 14.6 Å². The van der Waals surface area contributed by atoms with Crippen LogP contribution >= 0.6 is 0 Å². The molecule has 0 radical (unpaired) electrons. The van der Waals surface area contributed by atoms with E-state index in [1.165, 1.54) is 0 Å². The first-order chi connectivity index (χ1) is 6.18. The SMILES string of the molecule is C[C@@H]1C[C@@H](OC2(O)CCCC2)CO1. The first-order valence-electron chi connectivity index (χ1n) is 5.20. The Morgan fingerprint density at radius 3 is 2.62 bits per heavy atom. The summed E-state index contributed by atoms with van der Waals surface area (Å²) in [5.74, 6) is -0.835. The zero-order valence-electron chi connectivity index (χ0n) is 8.16. The van der Waals surface area contributed by atoms with E-state index < -0.39 is 5.79 Å². The number of hydrogen-bond donors (Lipinski definition) is 1. The highest BCUT2D eigenvalue weighted by Gasteiger charge is 2.36. The number of ether oxygens (including phenoxy) is 2.